The number of amides is 1. The van der Waals surface area contributed by atoms with Gasteiger partial charge in [-0.15, -0.1) is 0 Å². The molecule has 0 aromatic heterocycles. The second-order valence-electron chi connectivity index (χ2n) is 9.44. The number of phenolic OH excluding ortho intramolecular Hbond substituents is 1. The van der Waals surface area contributed by atoms with Gasteiger partial charge in [0.05, 0.1) is 11.6 Å². The van der Waals surface area contributed by atoms with Gasteiger partial charge in [0.1, 0.15) is 17.1 Å². The number of ketones is 2. The number of rotatable bonds is 3. The Morgan fingerprint density at radius 2 is 1.79 bits per heavy atom. The number of hydrogen-bond acceptors (Lipinski definition) is 9. The van der Waals surface area contributed by atoms with Crippen LogP contribution in [0.15, 0.2) is 28.7 Å². The number of aromatic hydroxyl groups is 1. The maximum Gasteiger partial charge on any atom is 0.255 e. The van der Waals surface area contributed by atoms with Crippen LogP contribution in [-0.4, -0.2) is 82.6 Å². The van der Waals surface area contributed by atoms with E-state index >= 15 is 0 Å². The van der Waals surface area contributed by atoms with Crippen molar-refractivity contribution in [2.24, 2.45) is 17.6 Å². The third-order valence-electron chi connectivity index (χ3n) is 7.13. The molecule has 3 aliphatic rings. The first-order valence-corrected chi connectivity index (χ1v) is 10.6. The molecule has 1 aromatic carbocycles. The van der Waals surface area contributed by atoms with Crippen LogP contribution in [0.5, 0.6) is 5.75 Å². The average Bonchev–Trinajstić information content (AvgIpc) is 2.72. The van der Waals surface area contributed by atoms with Gasteiger partial charge in [0.2, 0.25) is 5.78 Å². The average molecular weight is 475 g/mol. The van der Waals surface area contributed by atoms with Gasteiger partial charge in [-0.25, -0.2) is 4.39 Å². The van der Waals surface area contributed by atoms with Gasteiger partial charge < -0.3 is 31.1 Å². The Kier molecular flexibility index (Phi) is 5.26. The van der Waals surface area contributed by atoms with Crippen LogP contribution in [0.2, 0.25) is 0 Å². The fourth-order valence-electron chi connectivity index (χ4n) is 5.67. The quantitative estimate of drug-likeness (QED) is 0.387. The highest BCUT2D eigenvalue weighted by molar-refractivity contribution is 6.24. The number of aliphatic hydroxyl groups is 3. The van der Waals surface area contributed by atoms with Gasteiger partial charge in [-0.1, -0.05) is 0 Å². The first-order chi connectivity index (χ1) is 15.7. The van der Waals surface area contributed by atoms with Crippen molar-refractivity contribution < 1.29 is 39.2 Å². The summed E-state index contributed by atoms with van der Waals surface area (Å²) in [7, 11) is 6.40. The molecule has 3 aliphatic carbocycles. The lowest BCUT2D eigenvalue weighted by atomic mass is 9.58. The molecule has 4 rings (SSSR count). The molecule has 0 radical (unpaired) electrons. The normalized spacial score (nSPS) is 28.6. The molecule has 0 bridgehead atoms. The minimum atomic E-state index is -2.72. The number of carbonyl (C=O) groups excluding carboxylic acids is 3. The van der Waals surface area contributed by atoms with Crippen molar-refractivity contribution in [2.45, 2.75) is 24.5 Å². The Morgan fingerprint density at radius 3 is 2.32 bits per heavy atom. The summed E-state index contributed by atoms with van der Waals surface area (Å²) >= 11 is 0. The van der Waals surface area contributed by atoms with E-state index in [4.69, 9.17) is 5.73 Å². The topological polar surface area (TPSA) is 165 Å². The summed E-state index contributed by atoms with van der Waals surface area (Å²) in [5, 5.41) is 43.8. The zero-order valence-electron chi connectivity index (χ0n) is 19.1. The van der Waals surface area contributed by atoms with Crippen LogP contribution in [0.25, 0.3) is 0 Å². The summed E-state index contributed by atoms with van der Waals surface area (Å²) in [5.74, 6) is -8.92. The summed E-state index contributed by atoms with van der Waals surface area (Å²) in [4.78, 5) is 41.7. The fraction of sp³-hybridized carbons (Fsp3) is 0.435. The first kappa shape index (κ1) is 23.7. The number of fused-ring (bicyclic) bond motifs is 3. The summed E-state index contributed by atoms with van der Waals surface area (Å²) in [6, 6.07) is 0.0377. The third-order valence-corrected chi connectivity index (χ3v) is 7.13. The molecular formula is C23H26FN3O7. The minimum absolute atomic E-state index is 0.0310. The standard InChI is InChI=1S/C23H26FN3O7/c1-26(2)12-7-11(24)17(28)14-9(12)5-8-6-10-16(27(3)4)19(30)15(22(25)33)21(32)23(10,34)20(31)13(8)18(14)29/h7-8,10,16,28,30-31,34H,5-6H2,1-4H3,(H2,25,33)/t8-,10-,16?,23-/m0/s1. The van der Waals surface area contributed by atoms with Crippen LogP contribution in [0.4, 0.5) is 10.1 Å². The van der Waals surface area contributed by atoms with Crippen LogP contribution >= 0.6 is 0 Å². The number of anilines is 1. The number of primary amides is 1. The Balaban J connectivity index is 2.00. The first-order valence-electron chi connectivity index (χ1n) is 10.6. The molecule has 11 heteroatoms. The lowest BCUT2D eigenvalue weighted by Crippen LogP contribution is -2.63. The predicted octanol–water partition coefficient (Wildman–Crippen LogP) is 0.326. The van der Waals surface area contributed by atoms with E-state index in [1.165, 1.54) is 4.90 Å². The van der Waals surface area contributed by atoms with Crippen LogP contribution in [0, 0.1) is 17.7 Å². The zero-order chi connectivity index (χ0) is 25.4. The van der Waals surface area contributed by atoms with Crippen molar-refractivity contribution in [1.82, 2.24) is 4.90 Å². The second-order valence-corrected chi connectivity index (χ2v) is 9.44. The van der Waals surface area contributed by atoms with Crippen LogP contribution in [-0.2, 0) is 16.0 Å². The van der Waals surface area contributed by atoms with E-state index in [0.29, 0.717) is 11.3 Å². The number of nitrogens with zero attached hydrogens (tertiary/aromatic N) is 2. The van der Waals surface area contributed by atoms with Gasteiger partial charge in [0.15, 0.2) is 23.0 Å². The number of allylic oxidation sites excluding steroid dienone is 1. The van der Waals surface area contributed by atoms with E-state index in [1.54, 1.807) is 33.1 Å². The van der Waals surface area contributed by atoms with Crippen LogP contribution in [0.1, 0.15) is 22.3 Å². The molecular weight excluding hydrogens is 449 g/mol. The summed E-state index contributed by atoms with van der Waals surface area (Å²) in [5.41, 5.74) is 1.73. The number of nitrogens with two attached hydrogens (primary N) is 1. The van der Waals surface area contributed by atoms with Gasteiger partial charge in [0, 0.05) is 37.3 Å². The van der Waals surface area contributed by atoms with Gasteiger partial charge >= 0.3 is 0 Å². The lowest BCUT2D eigenvalue weighted by Gasteiger charge is -2.50. The molecule has 6 N–H and O–H groups in total. The van der Waals surface area contributed by atoms with E-state index < -0.39 is 69.6 Å². The zero-order valence-corrected chi connectivity index (χ0v) is 19.1. The van der Waals surface area contributed by atoms with Gasteiger partial charge in [0.25, 0.3) is 5.91 Å². The van der Waals surface area contributed by atoms with Crippen molar-refractivity contribution in [3.63, 3.8) is 0 Å². The van der Waals surface area contributed by atoms with E-state index in [-0.39, 0.29) is 24.0 Å². The van der Waals surface area contributed by atoms with Crippen molar-refractivity contribution in [2.75, 3.05) is 33.1 Å². The van der Waals surface area contributed by atoms with Gasteiger partial charge in [-0.2, -0.15) is 0 Å². The molecule has 4 atom stereocenters. The number of likely N-dealkylation sites (N-methyl/N-ethyl adjacent to an activating group) is 1. The molecule has 0 aliphatic heterocycles. The number of Topliss-reactive ketones (excluding diaryl/α,β-unsaturated/α-hetero) is 2. The Labute approximate surface area is 194 Å². The highest BCUT2D eigenvalue weighted by Gasteiger charge is 2.63. The van der Waals surface area contributed by atoms with Crippen LogP contribution < -0.4 is 10.6 Å². The Hall–Kier alpha value is -3.44. The van der Waals surface area contributed by atoms with Crippen LogP contribution in [0.3, 0.4) is 0 Å². The van der Waals surface area contributed by atoms with Crippen molar-refractivity contribution in [3.8, 4) is 5.75 Å². The van der Waals surface area contributed by atoms with E-state index in [9.17, 15) is 39.2 Å². The van der Waals surface area contributed by atoms with Gasteiger partial charge in [-0.3, -0.25) is 19.3 Å². The minimum Gasteiger partial charge on any atom is -0.510 e. The molecule has 0 spiro atoms. The lowest BCUT2D eigenvalue weighted by molar-refractivity contribution is -0.148. The summed E-state index contributed by atoms with van der Waals surface area (Å²) in [6.07, 6.45) is 0.0622. The number of carbonyl (C=O) groups is 3. The van der Waals surface area contributed by atoms with E-state index in [2.05, 4.69) is 0 Å². The molecule has 0 saturated heterocycles. The number of halogens is 1. The van der Waals surface area contributed by atoms with Crippen molar-refractivity contribution in [1.29, 1.82) is 0 Å². The number of phenols is 1. The highest BCUT2D eigenvalue weighted by atomic mass is 19.1. The number of aliphatic hydroxyl groups excluding tert-OH is 2. The largest absolute Gasteiger partial charge is 0.510 e. The molecule has 1 unspecified atom stereocenters. The molecule has 1 amide bonds. The van der Waals surface area contributed by atoms with Crippen molar-refractivity contribution >= 4 is 23.2 Å². The Morgan fingerprint density at radius 1 is 1.18 bits per heavy atom. The smallest absolute Gasteiger partial charge is 0.255 e. The van der Waals surface area contributed by atoms with Gasteiger partial charge in [-0.05, 0) is 38.4 Å². The maximum atomic E-state index is 14.4. The Bertz CT molecular complexity index is 1220. The number of hydrogen-bond donors (Lipinski definition) is 5. The third kappa shape index (κ3) is 2.90. The summed E-state index contributed by atoms with van der Waals surface area (Å²) in [6.45, 7) is 0. The highest BCUT2D eigenvalue weighted by Crippen LogP contribution is 2.53. The fourth-order valence-corrected chi connectivity index (χ4v) is 5.67. The summed E-state index contributed by atoms with van der Waals surface area (Å²) < 4.78 is 14.4. The molecule has 0 heterocycles. The molecule has 34 heavy (non-hydrogen) atoms. The molecule has 182 valence electrons. The predicted molar refractivity (Wildman–Crippen MR) is 118 cm³/mol. The number of benzene rings is 1. The SMILES string of the molecule is CN(C)c1cc(F)c(O)c2c1C[C@H]1C[C@H]3C(N(C)C)C(O)=C(C(N)=O)C(=O)[C@@]3(O)C(O)=C1C2=O. The molecule has 10 nitrogen and oxygen atoms in total. The molecule has 0 saturated carbocycles. The molecule has 1 aromatic rings. The maximum absolute atomic E-state index is 14.4. The van der Waals surface area contributed by atoms with Crippen molar-refractivity contribution in [3.05, 3.63) is 45.7 Å². The second kappa shape index (κ2) is 7.54. The van der Waals surface area contributed by atoms with E-state index in [0.717, 1.165) is 6.07 Å². The monoisotopic (exact) mass is 475 g/mol. The molecule has 0 fully saturated rings. The van der Waals surface area contributed by atoms with E-state index in [1.807, 2.05) is 0 Å².